The highest BCUT2D eigenvalue weighted by Gasteiger charge is 2.11. The van der Waals surface area contributed by atoms with Crippen molar-refractivity contribution in [2.45, 2.75) is 13.0 Å². The predicted octanol–water partition coefficient (Wildman–Crippen LogP) is 2.89. The van der Waals surface area contributed by atoms with Gasteiger partial charge in [0.15, 0.2) is 0 Å². The number of rotatable bonds is 3. The first-order valence-electron chi connectivity index (χ1n) is 5.15. The Morgan fingerprint density at radius 2 is 1.82 bits per heavy atom. The summed E-state index contributed by atoms with van der Waals surface area (Å²) in [7, 11) is 0. The van der Waals surface area contributed by atoms with Gasteiger partial charge in [-0.2, -0.15) is 0 Å². The summed E-state index contributed by atoms with van der Waals surface area (Å²) in [5.74, 6) is -0.854. The van der Waals surface area contributed by atoms with Crippen molar-refractivity contribution in [2.75, 3.05) is 5.32 Å². The lowest BCUT2D eigenvalue weighted by Crippen LogP contribution is -2.25. The van der Waals surface area contributed by atoms with Crippen LogP contribution in [0, 0.1) is 0 Å². The van der Waals surface area contributed by atoms with Gasteiger partial charge in [-0.1, -0.05) is 36.4 Å². The third-order valence-corrected chi connectivity index (χ3v) is 2.53. The number of aliphatic carboxylic acids is 1. The number of fused-ring (bicyclic) bond motifs is 1. The lowest BCUT2D eigenvalue weighted by molar-refractivity contribution is -0.137. The molecule has 0 radical (unpaired) electrons. The summed E-state index contributed by atoms with van der Waals surface area (Å²) < 4.78 is 0. The minimum Gasteiger partial charge on any atom is -0.480 e. The normalized spacial score (nSPS) is 11.6. The van der Waals surface area contributed by atoms with Crippen LogP contribution >= 0.6 is 0 Å². The third-order valence-electron chi connectivity index (χ3n) is 2.53. The Morgan fingerprint density at radius 3 is 2.53 bits per heavy atom. The zero-order chi connectivity index (χ0) is 11.5. The topological polar surface area (TPSA) is 84.3 Å². The molecule has 0 bridgehead atoms. The molecule has 90 valence electrons. The van der Waals surface area contributed by atoms with Crippen LogP contribution in [0.2, 0.25) is 0 Å². The van der Waals surface area contributed by atoms with E-state index in [1.807, 2.05) is 42.5 Å². The number of nitrogens with one attached hydrogen (secondary N) is 1. The van der Waals surface area contributed by atoms with Crippen LogP contribution in [-0.4, -0.2) is 17.1 Å². The zero-order valence-corrected chi connectivity index (χ0v) is 9.68. The second-order valence-electron chi connectivity index (χ2n) is 3.73. The quantitative estimate of drug-likeness (QED) is 0.759. The number of benzene rings is 2. The van der Waals surface area contributed by atoms with Crippen molar-refractivity contribution in [3.05, 3.63) is 42.5 Å². The molecule has 0 aliphatic rings. The molecule has 0 fully saturated rings. The number of hydrogen-bond acceptors (Lipinski definition) is 3. The van der Waals surface area contributed by atoms with Crippen LogP contribution in [0.1, 0.15) is 6.92 Å². The van der Waals surface area contributed by atoms with E-state index in [4.69, 9.17) is 5.11 Å². The molecule has 0 aliphatic heterocycles. The van der Waals surface area contributed by atoms with Crippen LogP contribution in [-0.2, 0) is 4.79 Å². The monoisotopic (exact) mass is 232 g/mol. The van der Waals surface area contributed by atoms with Gasteiger partial charge in [0.1, 0.15) is 6.04 Å². The predicted molar refractivity (Wildman–Crippen MR) is 69.7 cm³/mol. The van der Waals surface area contributed by atoms with Crippen LogP contribution in [0.4, 0.5) is 5.69 Å². The first-order valence-corrected chi connectivity index (χ1v) is 5.15. The smallest absolute Gasteiger partial charge is 0.325 e. The molecule has 5 N–H and O–H groups in total. The van der Waals surface area contributed by atoms with Crippen molar-refractivity contribution in [3.63, 3.8) is 0 Å². The number of carboxylic acids is 1. The molecule has 0 saturated carbocycles. The summed E-state index contributed by atoms with van der Waals surface area (Å²) >= 11 is 0. The van der Waals surface area contributed by atoms with Crippen molar-refractivity contribution in [1.29, 1.82) is 0 Å². The highest BCUT2D eigenvalue weighted by Crippen LogP contribution is 2.23. The number of hydrogen-bond donors (Lipinski definition) is 3. The summed E-state index contributed by atoms with van der Waals surface area (Å²) in [6.07, 6.45) is 0. The Kier molecular flexibility index (Phi) is 4.06. The van der Waals surface area contributed by atoms with Gasteiger partial charge in [0.25, 0.3) is 0 Å². The van der Waals surface area contributed by atoms with Crippen molar-refractivity contribution in [1.82, 2.24) is 6.15 Å². The Bertz CT molecular complexity index is 520. The van der Waals surface area contributed by atoms with Crippen molar-refractivity contribution < 1.29 is 9.90 Å². The van der Waals surface area contributed by atoms with Crippen molar-refractivity contribution in [3.8, 4) is 0 Å². The summed E-state index contributed by atoms with van der Waals surface area (Å²) in [6.45, 7) is 1.63. The van der Waals surface area contributed by atoms with Crippen LogP contribution in [0.5, 0.6) is 0 Å². The Hall–Kier alpha value is -2.07. The fourth-order valence-corrected chi connectivity index (χ4v) is 1.65. The van der Waals surface area contributed by atoms with Gasteiger partial charge >= 0.3 is 5.97 Å². The molecule has 0 heterocycles. The summed E-state index contributed by atoms with van der Waals surface area (Å²) in [5.41, 5.74) is 0.855. The van der Waals surface area contributed by atoms with Crippen LogP contribution in [0.3, 0.4) is 0 Å². The van der Waals surface area contributed by atoms with Gasteiger partial charge in [-0.3, -0.25) is 4.79 Å². The minimum absolute atomic E-state index is 0. The van der Waals surface area contributed by atoms with Gasteiger partial charge in [0.2, 0.25) is 0 Å². The lowest BCUT2D eigenvalue weighted by Gasteiger charge is -2.12. The Morgan fingerprint density at radius 1 is 1.18 bits per heavy atom. The maximum absolute atomic E-state index is 10.8. The molecule has 2 rings (SSSR count). The lowest BCUT2D eigenvalue weighted by atomic mass is 10.1. The van der Waals surface area contributed by atoms with Crippen LogP contribution in [0.15, 0.2) is 42.5 Å². The molecule has 1 unspecified atom stereocenters. The van der Waals surface area contributed by atoms with Gasteiger partial charge in [-0.15, -0.1) is 0 Å². The van der Waals surface area contributed by atoms with Crippen molar-refractivity contribution in [2.24, 2.45) is 0 Å². The SMILES string of the molecule is CC(Nc1cccc2ccccc12)C(=O)O.N. The van der Waals surface area contributed by atoms with E-state index in [0.29, 0.717) is 0 Å². The van der Waals surface area contributed by atoms with Crippen molar-refractivity contribution >= 4 is 22.4 Å². The van der Waals surface area contributed by atoms with E-state index in [2.05, 4.69) is 5.32 Å². The molecule has 17 heavy (non-hydrogen) atoms. The van der Waals surface area contributed by atoms with Gasteiger partial charge in [0, 0.05) is 11.1 Å². The van der Waals surface area contributed by atoms with Crippen LogP contribution < -0.4 is 11.5 Å². The molecule has 0 amide bonds. The largest absolute Gasteiger partial charge is 0.480 e. The first kappa shape index (κ1) is 13.0. The average Bonchev–Trinajstić information content (AvgIpc) is 2.29. The van der Waals surface area contributed by atoms with E-state index in [-0.39, 0.29) is 6.15 Å². The molecule has 0 aliphatic carbocycles. The second kappa shape index (κ2) is 5.32. The van der Waals surface area contributed by atoms with E-state index in [9.17, 15) is 4.79 Å². The first-order chi connectivity index (χ1) is 7.68. The summed E-state index contributed by atoms with van der Waals surface area (Å²) in [6, 6.07) is 13.1. The molecule has 1 atom stereocenters. The number of carboxylic acid groups (broad SMARTS) is 1. The molecule has 2 aromatic rings. The van der Waals surface area contributed by atoms with E-state index in [0.717, 1.165) is 16.5 Å². The minimum atomic E-state index is -0.854. The highest BCUT2D eigenvalue weighted by molar-refractivity contribution is 5.95. The zero-order valence-electron chi connectivity index (χ0n) is 9.68. The molecular weight excluding hydrogens is 216 g/mol. The molecule has 0 spiro atoms. The Labute approximate surface area is 99.8 Å². The van der Waals surface area contributed by atoms with Gasteiger partial charge in [-0.05, 0) is 18.4 Å². The van der Waals surface area contributed by atoms with Gasteiger partial charge < -0.3 is 16.6 Å². The summed E-state index contributed by atoms with van der Waals surface area (Å²) in [4.78, 5) is 10.8. The fourth-order valence-electron chi connectivity index (χ4n) is 1.65. The maximum atomic E-state index is 10.8. The van der Waals surface area contributed by atoms with E-state index >= 15 is 0 Å². The molecule has 0 saturated heterocycles. The highest BCUT2D eigenvalue weighted by atomic mass is 16.4. The van der Waals surface area contributed by atoms with Crippen LogP contribution in [0.25, 0.3) is 10.8 Å². The fraction of sp³-hybridized carbons (Fsp3) is 0.154. The number of carbonyl (C=O) groups is 1. The van der Waals surface area contributed by atoms with Gasteiger partial charge in [-0.25, -0.2) is 0 Å². The Balaban J connectivity index is 0.00000144. The molecule has 4 nitrogen and oxygen atoms in total. The van der Waals surface area contributed by atoms with Gasteiger partial charge in [0.05, 0.1) is 0 Å². The van der Waals surface area contributed by atoms with E-state index < -0.39 is 12.0 Å². The average molecular weight is 232 g/mol. The summed E-state index contributed by atoms with van der Waals surface area (Å²) in [5, 5.41) is 14.0. The standard InChI is InChI=1S/C13H13NO2.H3N/c1-9(13(15)16)14-12-8-4-6-10-5-2-3-7-11(10)12;/h2-9,14H,1H3,(H,15,16);1H3. The maximum Gasteiger partial charge on any atom is 0.325 e. The molecule has 4 heteroatoms. The van der Waals surface area contributed by atoms with E-state index in [1.54, 1.807) is 6.92 Å². The molecule has 2 aromatic carbocycles. The second-order valence-corrected chi connectivity index (χ2v) is 3.73. The molecule has 0 aromatic heterocycles. The molecular formula is C13H16N2O2. The third kappa shape index (κ3) is 2.73. The van der Waals surface area contributed by atoms with E-state index in [1.165, 1.54) is 0 Å². The number of anilines is 1.